The van der Waals surface area contributed by atoms with Crippen LogP contribution in [0, 0.1) is 0 Å². The van der Waals surface area contributed by atoms with Gasteiger partial charge in [-0.15, -0.1) is 0 Å². The predicted molar refractivity (Wildman–Crippen MR) is 103 cm³/mol. The molecule has 2 aromatic heterocycles. The molecule has 1 saturated heterocycles. The molecular weight excluding hydrogens is 358 g/mol. The molecule has 7 heteroatoms. The minimum Gasteiger partial charge on any atom is -0.497 e. The van der Waals surface area contributed by atoms with Crippen LogP contribution < -0.4 is 10.1 Å². The second-order valence-corrected chi connectivity index (χ2v) is 6.81. The molecule has 1 aromatic carbocycles. The van der Waals surface area contributed by atoms with Gasteiger partial charge in [-0.1, -0.05) is 6.07 Å². The number of fused-ring (bicyclic) bond motifs is 1. The van der Waals surface area contributed by atoms with E-state index in [-0.39, 0.29) is 17.9 Å². The van der Waals surface area contributed by atoms with E-state index < -0.39 is 0 Å². The highest BCUT2D eigenvalue weighted by Crippen LogP contribution is 2.20. The largest absolute Gasteiger partial charge is 0.497 e. The maximum atomic E-state index is 12.6. The van der Waals surface area contributed by atoms with Crippen molar-refractivity contribution in [2.24, 2.45) is 0 Å². The van der Waals surface area contributed by atoms with Crippen molar-refractivity contribution in [1.82, 2.24) is 15.2 Å². The average Bonchev–Trinajstić information content (AvgIpc) is 3.28. The van der Waals surface area contributed by atoms with Crippen molar-refractivity contribution in [2.75, 3.05) is 20.2 Å². The lowest BCUT2D eigenvalue weighted by atomic mass is 10.0. The van der Waals surface area contributed by atoms with E-state index in [2.05, 4.69) is 10.3 Å². The molecule has 0 spiro atoms. The fourth-order valence-electron chi connectivity index (χ4n) is 3.41. The molecule has 1 N–H and O–H groups in total. The SMILES string of the molecule is COc1ccc2nc(C(=O)NC3CCN(C(=O)c4ccoc4)CC3)ccc2c1. The summed E-state index contributed by atoms with van der Waals surface area (Å²) in [6, 6.07) is 10.8. The monoisotopic (exact) mass is 379 g/mol. The van der Waals surface area contributed by atoms with E-state index in [1.165, 1.54) is 12.5 Å². The van der Waals surface area contributed by atoms with Crippen LogP contribution in [0.1, 0.15) is 33.7 Å². The summed E-state index contributed by atoms with van der Waals surface area (Å²) in [7, 11) is 1.62. The number of piperidine rings is 1. The summed E-state index contributed by atoms with van der Waals surface area (Å²) in [5.74, 6) is 0.519. The number of carbonyl (C=O) groups is 2. The molecule has 1 aliphatic rings. The van der Waals surface area contributed by atoms with Crippen LogP contribution in [0.15, 0.2) is 53.3 Å². The van der Waals surface area contributed by atoms with E-state index in [1.807, 2.05) is 24.3 Å². The topological polar surface area (TPSA) is 84.7 Å². The van der Waals surface area contributed by atoms with Gasteiger partial charge in [0, 0.05) is 24.5 Å². The molecule has 28 heavy (non-hydrogen) atoms. The lowest BCUT2D eigenvalue weighted by Crippen LogP contribution is -2.46. The normalized spacial score (nSPS) is 14.8. The highest BCUT2D eigenvalue weighted by molar-refractivity contribution is 5.95. The van der Waals surface area contributed by atoms with Gasteiger partial charge in [-0.25, -0.2) is 4.98 Å². The Balaban J connectivity index is 1.36. The summed E-state index contributed by atoms with van der Waals surface area (Å²) in [6.07, 6.45) is 4.37. The number of likely N-dealkylation sites (tertiary alicyclic amines) is 1. The third-order valence-corrected chi connectivity index (χ3v) is 5.01. The Kier molecular flexibility index (Phi) is 4.97. The number of carbonyl (C=O) groups excluding carboxylic acids is 2. The minimum atomic E-state index is -0.197. The summed E-state index contributed by atoms with van der Waals surface area (Å²) in [5, 5.41) is 3.95. The zero-order valence-corrected chi connectivity index (χ0v) is 15.6. The lowest BCUT2D eigenvalue weighted by molar-refractivity contribution is 0.0697. The number of hydrogen-bond donors (Lipinski definition) is 1. The Morgan fingerprint density at radius 3 is 2.71 bits per heavy atom. The van der Waals surface area contributed by atoms with Crippen LogP contribution in [0.25, 0.3) is 10.9 Å². The van der Waals surface area contributed by atoms with Gasteiger partial charge in [0.05, 0.1) is 24.5 Å². The summed E-state index contributed by atoms with van der Waals surface area (Å²) >= 11 is 0. The van der Waals surface area contributed by atoms with Crippen molar-refractivity contribution in [3.05, 3.63) is 60.2 Å². The van der Waals surface area contributed by atoms with Crippen molar-refractivity contribution < 1.29 is 18.7 Å². The molecular formula is C21H21N3O4. The molecule has 3 heterocycles. The van der Waals surface area contributed by atoms with E-state index in [9.17, 15) is 9.59 Å². The number of aromatic nitrogens is 1. The van der Waals surface area contributed by atoms with Crippen LogP contribution in [0.5, 0.6) is 5.75 Å². The molecule has 0 atom stereocenters. The van der Waals surface area contributed by atoms with Crippen molar-refractivity contribution >= 4 is 22.7 Å². The van der Waals surface area contributed by atoms with Crippen molar-refractivity contribution in [3.8, 4) is 5.75 Å². The van der Waals surface area contributed by atoms with Gasteiger partial charge in [0.15, 0.2) is 0 Å². The highest BCUT2D eigenvalue weighted by atomic mass is 16.5. The van der Waals surface area contributed by atoms with Gasteiger partial charge in [-0.3, -0.25) is 9.59 Å². The van der Waals surface area contributed by atoms with Crippen LogP contribution in [0.2, 0.25) is 0 Å². The smallest absolute Gasteiger partial charge is 0.270 e. The van der Waals surface area contributed by atoms with Crippen molar-refractivity contribution in [2.45, 2.75) is 18.9 Å². The molecule has 0 aliphatic carbocycles. The Bertz CT molecular complexity index is 992. The average molecular weight is 379 g/mol. The van der Waals surface area contributed by atoms with Crippen molar-refractivity contribution in [1.29, 1.82) is 0 Å². The molecule has 1 aliphatic heterocycles. The minimum absolute atomic E-state index is 0.0225. The first-order chi connectivity index (χ1) is 13.6. The number of benzene rings is 1. The Hall–Kier alpha value is -3.35. The van der Waals surface area contributed by atoms with E-state index in [1.54, 1.807) is 24.1 Å². The molecule has 3 aromatic rings. The fraction of sp³-hybridized carbons (Fsp3) is 0.286. The molecule has 4 rings (SSSR count). The van der Waals surface area contributed by atoms with Crippen LogP contribution in [-0.4, -0.2) is 47.9 Å². The quantitative estimate of drug-likeness (QED) is 0.753. The van der Waals surface area contributed by atoms with Gasteiger partial charge in [-0.05, 0) is 43.2 Å². The summed E-state index contributed by atoms with van der Waals surface area (Å²) in [5.41, 5.74) is 1.68. The number of amides is 2. The number of furan rings is 1. The Labute approximate surface area is 162 Å². The van der Waals surface area contributed by atoms with Crippen LogP contribution >= 0.6 is 0 Å². The van der Waals surface area contributed by atoms with Crippen LogP contribution in [0.4, 0.5) is 0 Å². The Morgan fingerprint density at radius 2 is 2.00 bits per heavy atom. The molecule has 1 fully saturated rings. The van der Waals surface area contributed by atoms with E-state index in [0.29, 0.717) is 37.2 Å². The first kappa shape index (κ1) is 18.0. The molecule has 0 bridgehead atoms. The predicted octanol–water partition coefficient (Wildman–Crippen LogP) is 2.87. The van der Waals surface area contributed by atoms with E-state index in [0.717, 1.165) is 16.7 Å². The van der Waals surface area contributed by atoms with Gasteiger partial charge in [0.1, 0.15) is 17.7 Å². The molecule has 144 valence electrons. The number of nitrogens with zero attached hydrogens (tertiary/aromatic N) is 2. The van der Waals surface area contributed by atoms with E-state index >= 15 is 0 Å². The number of rotatable bonds is 4. The van der Waals surface area contributed by atoms with Gasteiger partial charge in [-0.2, -0.15) is 0 Å². The first-order valence-corrected chi connectivity index (χ1v) is 9.21. The summed E-state index contributed by atoms with van der Waals surface area (Å²) in [6.45, 7) is 1.19. The molecule has 0 saturated carbocycles. The number of methoxy groups -OCH3 is 1. The number of ether oxygens (including phenoxy) is 1. The van der Waals surface area contributed by atoms with Gasteiger partial charge < -0.3 is 19.4 Å². The second kappa shape index (κ2) is 7.72. The zero-order valence-electron chi connectivity index (χ0n) is 15.6. The summed E-state index contributed by atoms with van der Waals surface area (Å²) < 4.78 is 10.2. The number of hydrogen-bond acceptors (Lipinski definition) is 5. The van der Waals surface area contributed by atoms with Crippen LogP contribution in [-0.2, 0) is 0 Å². The lowest BCUT2D eigenvalue weighted by Gasteiger charge is -2.32. The first-order valence-electron chi connectivity index (χ1n) is 9.21. The maximum Gasteiger partial charge on any atom is 0.270 e. The third kappa shape index (κ3) is 3.69. The van der Waals surface area contributed by atoms with Gasteiger partial charge in [0.2, 0.25) is 0 Å². The van der Waals surface area contributed by atoms with Gasteiger partial charge in [0.25, 0.3) is 11.8 Å². The van der Waals surface area contributed by atoms with Gasteiger partial charge >= 0.3 is 0 Å². The zero-order chi connectivity index (χ0) is 19.5. The highest BCUT2D eigenvalue weighted by Gasteiger charge is 2.25. The number of pyridine rings is 1. The Morgan fingerprint density at radius 1 is 1.18 bits per heavy atom. The maximum absolute atomic E-state index is 12.6. The molecule has 2 amide bonds. The van der Waals surface area contributed by atoms with E-state index in [4.69, 9.17) is 9.15 Å². The summed E-state index contributed by atoms with van der Waals surface area (Å²) in [4.78, 5) is 31.2. The molecule has 7 nitrogen and oxygen atoms in total. The number of nitrogens with one attached hydrogen (secondary N) is 1. The fourth-order valence-corrected chi connectivity index (χ4v) is 3.41. The van der Waals surface area contributed by atoms with Crippen LogP contribution in [0.3, 0.4) is 0 Å². The molecule has 0 radical (unpaired) electrons. The third-order valence-electron chi connectivity index (χ3n) is 5.01. The molecule has 0 unspecified atom stereocenters. The van der Waals surface area contributed by atoms with Crippen molar-refractivity contribution in [3.63, 3.8) is 0 Å². The standard InChI is InChI=1S/C21H21N3O4/c1-27-17-3-5-18-14(12-17)2-4-19(23-18)20(25)22-16-6-9-24(10-7-16)21(26)15-8-11-28-13-15/h2-5,8,11-13,16H,6-7,9-10H2,1H3,(H,22,25). The second-order valence-electron chi connectivity index (χ2n) is 6.81.